The Morgan fingerprint density at radius 2 is 1.74 bits per heavy atom. The van der Waals surface area contributed by atoms with E-state index in [-0.39, 0.29) is 16.8 Å². The van der Waals surface area contributed by atoms with Crippen molar-refractivity contribution in [3.05, 3.63) is 95.3 Å². The highest BCUT2D eigenvalue weighted by molar-refractivity contribution is 6.51. The summed E-state index contributed by atoms with van der Waals surface area (Å²) < 4.78 is 33.8. The average molecular weight is 464 g/mol. The number of halogens is 2. The molecule has 8 heteroatoms. The fourth-order valence-corrected chi connectivity index (χ4v) is 3.75. The van der Waals surface area contributed by atoms with Crippen molar-refractivity contribution in [3.8, 4) is 5.75 Å². The smallest absolute Gasteiger partial charge is 0.300 e. The number of benzene rings is 2. The maximum absolute atomic E-state index is 14.7. The second-order valence-corrected chi connectivity index (χ2v) is 8.27. The van der Waals surface area contributed by atoms with Gasteiger partial charge in [-0.2, -0.15) is 0 Å². The molecule has 174 valence electrons. The molecule has 0 spiro atoms. The van der Waals surface area contributed by atoms with Gasteiger partial charge in [-0.25, -0.2) is 8.78 Å². The highest BCUT2D eigenvalue weighted by Gasteiger charge is 2.47. The minimum atomic E-state index is -1.14. The van der Waals surface area contributed by atoms with E-state index in [1.807, 2.05) is 13.8 Å². The minimum absolute atomic E-state index is 0.212. The van der Waals surface area contributed by atoms with Gasteiger partial charge in [0.2, 0.25) is 0 Å². The van der Waals surface area contributed by atoms with Gasteiger partial charge in [-0.05, 0) is 60.0 Å². The molecule has 1 aliphatic heterocycles. The van der Waals surface area contributed by atoms with Gasteiger partial charge in [0.1, 0.15) is 23.1 Å². The first-order valence-corrected chi connectivity index (χ1v) is 10.7. The fourth-order valence-electron chi connectivity index (χ4n) is 3.75. The number of amides is 1. The normalized spacial score (nSPS) is 17.4. The molecule has 2 aromatic carbocycles. The molecule has 1 aromatic heterocycles. The van der Waals surface area contributed by atoms with Gasteiger partial charge in [-0.15, -0.1) is 0 Å². The summed E-state index contributed by atoms with van der Waals surface area (Å²) in [5.74, 6) is -3.35. The molecule has 1 fully saturated rings. The topological polar surface area (TPSA) is 79.7 Å². The molecule has 1 atom stereocenters. The molecule has 0 radical (unpaired) electrons. The number of carbonyl (C=O) groups excluding carboxylic acids is 2. The van der Waals surface area contributed by atoms with Gasteiger partial charge in [-0.1, -0.05) is 13.8 Å². The van der Waals surface area contributed by atoms with E-state index in [2.05, 4.69) is 4.98 Å². The van der Waals surface area contributed by atoms with Crippen LogP contribution in [0.25, 0.3) is 5.76 Å². The Kier molecular flexibility index (Phi) is 6.40. The molecule has 1 saturated heterocycles. The highest BCUT2D eigenvalue weighted by Crippen LogP contribution is 2.42. The van der Waals surface area contributed by atoms with E-state index in [1.165, 1.54) is 12.4 Å². The Hall–Kier alpha value is -4.07. The molecule has 1 N–H and O–H groups in total. The molecule has 2 heterocycles. The lowest BCUT2D eigenvalue weighted by atomic mass is 9.95. The van der Waals surface area contributed by atoms with Gasteiger partial charge in [-0.3, -0.25) is 19.5 Å². The SMILES string of the molecule is CC(C)COc1ccc(/C(O)=C2\C(=O)C(=O)N(c3ccc(F)cc3F)C2c2ccncc2)cc1. The second-order valence-electron chi connectivity index (χ2n) is 8.27. The van der Waals surface area contributed by atoms with E-state index >= 15 is 0 Å². The maximum Gasteiger partial charge on any atom is 0.300 e. The van der Waals surface area contributed by atoms with Crippen LogP contribution < -0.4 is 9.64 Å². The number of aliphatic hydroxyl groups is 1. The van der Waals surface area contributed by atoms with Gasteiger partial charge in [0.05, 0.1) is 23.9 Å². The number of carbonyl (C=O) groups is 2. The molecule has 34 heavy (non-hydrogen) atoms. The number of pyridine rings is 1. The lowest BCUT2D eigenvalue weighted by Gasteiger charge is -2.25. The molecule has 4 rings (SSSR count). The fraction of sp³-hybridized carbons (Fsp3) is 0.192. The van der Waals surface area contributed by atoms with Gasteiger partial charge in [0.25, 0.3) is 11.7 Å². The van der Waals surface area contributed by atoms with Crippen LogP contribution in [-0.2, 0) is 9.59 Å². The first-order chi connectivity index (χ1) is 16.3. The summed E-state index contributed by atoms with van der Waals surface area (Å²) in [6, 6.07) is 11.1. The molecule has 0 aliphatic carbocycles. The molecular formula is C26H22F2N2O4. The molecule has 6 nitrogen and oxygen atoms in total. The largest absolute Gasteiger partial charge is 0.507 e. The predicted molar refractivity (Wildman–Crippen MR) is 122 cm³/mol. The van der Waals surface area contributed by atoms with Crippen LogP contribution in [0.4, 0.5) is 14.5 Å². The summed E-state index contributed by atoms with van der Waals surface area (Å²) >= 11 is 0. The number of aliphatic hydroxyl groups excluding tert-OH is 1. The zero-order valence-electron chi connectivity index (χ0n) is 18.5. The van der Waals surface area contributed by atoms with Crippen LogP contribution in [0.15, 0.2) is 72.6 Å². The van der Waals surface area contributed by atoms with Crippen LogP contribution in [-0.4, -0.2) is 28.4 Å². The van der Waals surface area contributed by atoms with Gasteiger partial charge >= 0.3 is 0 Å². The molecule has 0 saturated carbocycles. The van der Waals surface area contributed by atoms with Crippen molar-refractivity contribution >= 4 is 23.1 Å². The Labute approximate surface area is 195 Å². The van der Waals surface area contributed by atoms with Gasteiger partial charge in [0.15, 0.2) is 0 Å². The third-order valence-corrected chi connectivity index (χ3v) is 5.35. The molecule has 1 aliphatic rings. The van der Waals surface area contributed by atoms with E-state index in [0.717, 1.165) is 17.0 Å². The van der Waals surface area contributed by atoms with Crippen molar-refractivity contribution in [2.75, 3.05) is 11.5 Å². The number of hydrogen-bond acceptors (Lipinski definition) is 5. The zero-order chi connectivity index (χ0) is 24.4. The van der Waals surface area contributed by atoms with Crippen LogP contribution in [0.1, 0.15) is 31.0 Å². The number of nitrogens with zero attached hydrogens (tertiary/aromatic N) is 2. The highest BCUT2D eigenvalue weighted by atomic mass is 19.1. The van der Waals surface area contributed by atoms with Crippen LogP contribution in [0, 0.1) is 17.6 Å². The first kappa shape index (κ1) is 23.1. The van der Waals surface area contributed by atoms with Crippen LogP contribution >= 0.6 is 0 Å². The number of ketones is 1. The predicted octanol–water partition coefficient (Wildman–Crippen LogP) is 5.02. The van der Waals surface area contributed by atoms with E-state index in [4.69, 9.17) is 4.74 Å². The Morgan fingerprint density at radius 3 is 2.35 bits per heavy atom. The van der Waals surface area contributed by atoms with Gasteiger partial charge in [0, 0.05) is 24.0 Å². The van der Waals surface area contributed by atoms with Crippen molar-refractivity contribution < 1.29 is 28.2 Å². The summed E-state index contributed by atoms with van der Waals surface area (Å²) in [6.45, 7) is 4.55. The second kappa shape index (κ2) is 9.43. The quantitative estimate of drug-likeness (QED) is 0.315. The first-order valence-electron chi connectivity index (χ1n) is 10.7. The summed E-state index contributed by atoms with van der Waals surface area (Å²) in [6.07, 6.45) is 2.91. The lowest BCUT2D eigenvalue weighted by molar-refractivity contribution is -0.132. The summed E-state index contributed by atoms with van der Waals surface area (Å²) in [5, 5.41) is 11.1. The molecule has 1 unspecified atom stereocenters. The zero-order valence-corrected chi connectivity index (χ0v) is 18.5. The number of hydrogen-bond donors (Lipinski definition) is 1. The average Bonchev–Trinajstić information content (AvgIpc) is 3.08. The standard InChI is InChI=1S/C26H22F2N2O4/c1-15(2)14-34-19-6-3-17(4-7-19)24(31)22-23(16-9-11-29-12-10-16)30(26(33)25(22)32)21-8-5-18(27)13-20(21)28/h3-13,15,23,31H,14H2,1-2H3/b24-22+. The van der Waals surface area contributed by atoms with Crippen molar-refractivity contribution in [1.82, 2.24) is 4.98 Å². The van der Waals surface area contributed by atoms with Crippen molar-refractivity contribution in [1.29, 1.82) is 0 Å². The Balaban J connectivity index is 1.82. The van der Waals surface area contributed by atoms with E-state index < -0.39 is 35.1 Å². The summed E-state index contributed by atoms with van der Waals surface area (Å²) in [5.41, 5.74) is 0.225. The molecule has 1 amide bonds. The van der Waals surface area contributed by atoms with Crippen LogP contribution in [0.2, 0.25) is 0 Å². The van der Waals surface area contributed by atoms with Crippen molar-refractivity contribution in [3.63, 3.8) is 0 Å². The van der Waals surface area contributed by atoms with E-state index in [9.17, 15) is 23.5 Å². The number of Topliss-reactive ketones (excluding diaryl/α,β-unsaturated/α-hetero) is 1. The van der Waals surface area contributed by atoms with Crippen LogP contribution in [0.5, 0.6) is 5.75 Å². The third-order valence-electron chi connectivity index (χ3n) is 5.35. The number of anilines is 1. The monoisotopic (exact) mass is 464 g/mol. The summed E-state index contributed by atoms with van der Waals surface area (Å²) in [7, 11) is 0. The molecule has 0 bridgehead atoms. The molecular weight excluding hydrogens is 442 g/mol. The maximum atomic E-state index is 14.7. The number of rotatable bonds is 6. The van der Waals surface area contributed by atoms with Gasteiger partial charge < -0.3 is 9.84 Å². The minimum Gasteiger partial charge on any atom is -0.507 e. The number of ether oxygens (including phenoxy) is 1. The van der Waals surface area contributed by atoms with E-state index in [1.54, 1.807) is 36.4 Å². The van der Waals surface area contributed by atoms with Crippen LogP contribution in [0.3, 0.4) is 0 Å². The molecule has 3 aromatic rings. The Morgan fingerprint density at radius 1 is 1.06 bits per heavy atom. The Bertz CT molecular complexity index is 1260. The number of aromatic nitrogens is 1. The van der Waals surface area contributed by atoms with Crippen molar-refractivity contribution in [2.45, 2.75) is 19.9 Å². The lowest BCUT2D eigenvalue weighted by Crippen LogP contribution is -2.30. The van der Waals surface area contributed by atoms with Crippen molar-refractivity contribution in [2.24, 2.45) is 5.92 Å². The summed E-state index contributed by atoms with van der Waals surface area (Å²) in [4.78, 5) is 30.9. The third kappa shape index (κ3) is 4.39. The van der Waals surface area contributed by atoms with E-state index in [0.29, 0.717) is 29.9 Å².